The first kappa shape index (κ1) is 14.1. The van der Waals surface area contributed by atoms with Crippen LogP contribution < -0.4 is 10.2 Å². The van der Waals surface area contributed by atoms with Crippen molar-refractivity contribution in [1.29, 1.82) is 0 Å². The molecule has 0 radical (unpaired) electrons. The Bertz CT molecular complexity index is 757. The van der Waals surface area contributed by atoms with Crippen LogP contribution in [0.1, 0.15) is 18.9 Å². The zero-order chi connectivity index (χ0) is 15.4. The minimum Gasteiger partial charge on any atom is -0.497 e. The van der Waals surface area contributed by atoms with Crippen LogP contribution in [0, 0.1) is 0 Å². The monoisotopic (exact) mass is 294 g/mol. The van der Waals surface area contributed by atoms with Gasteiger partial charge in [-0.25, -0.2) is 10.4 Å². The van der Waals surface area contributed by atoms with Gasteiger partial charge in [0.2, 0.25) is 5.95 Å². The quantitative estimate of drug-likeness (QED) is 0.556. The van der Waals surface area contributed by atoms with Crippen LogP contribution in [0.25, 0.3) is 11.0 Å². The molecule has 5 nitrogen and oxygen atoms in total. The van der Waals surface area contributed by atoms with Gasteiger partial charge in [-0.05, 0) is 48.4 Å². The Labute approximate surface area is 129 Å². The number of imidazole rings is 1. The Kier molecular flexibility index (Phi) is 4.05. The fourth-order valence-electron chi connectivity index (χ4n) is 2.26. The fourth-order valence-corrected chi connectivity index (χ4v) is 2.26. The topological polar surface area (TPSA) is 62.3 Å². The van der Waals surface area contributed by atoms with Gasteiger partial charge in [-0.2, -0.15) is 5.10 Å². The molecule has 2 N–H and O–H groups in total. The lowest BCUT2D eigenvalue weighted by Crippen LogP contribution is -2.03. The van der Waals surface area contributed by atoms with Gasteiger partial charge < -0.3 is 9.72 Å². The second kappa shape index (κ2) is 6.30. The summed E-state index contributed by atoms with van der Waals surface area (Å²) in [5, 5.41) is 4.47. The summed E-state index contributed by atoms with van der Waals surface area (Å²) in [4.78, 5) is 7.64. The van der Waals surface area contributed by atoms with E-state index in [0.29, 0.717) is 5.95 Å². The van der Waals surface area contributed by atoms with Crippen molar-refractivity contribution >= 4 is 22.7 Å². The van der Waals surface area contributed by atoms with E-state index in [2.05, 4.69) is 27.4 Å². The summed E-state index contributed by atoms with van der Waals surface area (Å²) >= 11 is 0. The van der Waals surface area contributed by atoms with Gasteiger partial charge >= 0.3 is 0 Å². The number of nitrogens with one attached hydrogen (secondary N) is 2. The summed E-state index contributed by atoms with van der Waals surface area (Å²) in [6, 6.07) is 15.8. The highest BCUT2D eigenvalue weighted by molar-refractivity contribution is 6.00. The van der Waals surface area contributed by atoms with E-state index in [0.717, 1.165) is 34.5 Å². The number of rotatable bonds is 5. The van der Waals surface area contributed by atoms with Crippen molar-refractivity contribution in [2.24, 2.45) is 5.10 Å². The highest BCUT2D eigenvalue weighted by Crippen LogP contribution is 2.15. The van der Waals surface area contributed by atoms with Crippen LogP contribution in [-0.2, 0) is 0 Å². The number of aromatic nitrogens is 2. The molecular formula is C17H18N4O. The van der Waals surface area contributed by atoms with E-state index in [1.807, 2.05) is 48.5 Å². The number of benzene rings is 2. The third kappa shape index (κ3) is 2.93. The van der Waals surface area contributed by atoms with Crippen LogP contribution in [0.5, 0.6) is 5.75 Å². The fraction of sp³-hybridized carbons (Fsp3) is 0.176. The van der Waals surface area contributed by atoms with E-state index in [9.17, 15) is 0 Å². The highest BCUT2D eigenvalue weighted by atomic mass is 16.5. The maximum atomic E-state index is 5.18. The van der Waals surface area contributed by atoms with Gasteiger partial charge in [-0.1, -0.05) is 19.1 Å². The second-order valence-corrected chi connectivity index (χ2v) is 4.85. The van der Waals surface area contributed by atoms with Gasteiger partial charge in [0.05, 0.1) is 23.9 Å². The standard InChI is InChI=1S/C17H18N4O/c1-3-14(12-8-10-13(22-2)11-9-12)20-21-17-18-15-6-4-5-7-16(15)19-17/h4-11H,3H2,1-2H3,(H2,18,19,21)/b20-14-. The van der Waals surface area contributed by atoms with Gasteiger partial charge in [0.1, 0.15) is 5.75 Å². The first-order valence-electron chi connectivity index (χ1n) is 7.22. The summed E-state index contributed by atoms with van der Waals surface area (Å²) in [5.41, 5.74) is 6.93. The molecule has 0 aliphatic heterocycles. The van der Waals surface area contributed by atoms with E-state index < -0.39 is 0 Å². The van der Waals surface area contributed by atoms with Gasteiger partial charge in [0.15, 0.2) is 0 Å². The van der Waals surface area contributed by atoms with Crippen molar-refractivity contribution < 1.29 is 4.74 Å². The molecule has 3 rings (SSSR count). The molecule has 0 bridgehead atoms. The third-order valence-electron chi connectivity index (χ3n) is 3.44. The lowest BCUT2D eigenvalue weighted by Gasteiger charge is -2.05. The number of fused-ring (bicyclic) bond motifs is 1. The number of hydrogen-bond donors (Lipinski definition) is 2. The van der Waals surface area contributed by atoms with Crippen LogP contribution >= 0.6 is 0 Å². The Balaban J connectivity index is 1.81. The third-order valence-corrected chi connectivity index (χ3v) is 3.44. The molecule has 0 amide bonds. The van der Waals surface area contributed by atoms with Crippen molar-refractivity contribution in [2.45, 2.75) is 13.3 Å². The van der Waals surface area contributed by atoms with Gasteiger partial charge in [-0.3, -0.25) is 0 Å². The molecule has 0 spiro atoms. The molecule has 1 aromatic heterocycles. The summed E-state index contributed by atoms with van der Waals surface area (Å²) in [6.07, 6.45) is 0.819. The molecule has 0 aliphatic carbocycles. The highest BCUT2D eigenvalue weighted by Gasteiger charge is 2.04. The molecule has 1 heterocycles. The van der Waals surface area contributed by atoms with Crippen molar-refractivity contribution in [3.05, 3.63) is 54.1 Å². The van der Waals surface area contributed by atoms with Gasteiger partial charge in [0.25, 0.3) is 0 Å². The van der Waals surface area contributed by atoms with E-state index in [1.165, 1.54) is 0 Å². The van der Waals surface area contributed by atoms with Gasteiger partial charge in [-0.15, -0.1) is 0 Å². The van der Waals surface area contributed by atoms with E-state index in [4.69, 9.17) is 4.74 Å². The lowest BCUT2D eigenvalue weighted by atomic mass is 10.1. The van der Waals surface area contributed by atoms with E-state index in [1.54, 1.807) is 7.11 Å². The molecule has 0 atom stereocenters. The predicted octanol–water partition coefficient (Wildman–Crippen LogP) is 3.80. The number of nitrogens with zero attached hydrogens (tertiary/aromatic N) is 2. The van der Waals surface area contributed by atoms with Crippen molar-refractivity contribution in [3.8, 4) is 5.75 Å². The molecule has 0 unspecified atom stereocenters. The Morgan fingerprint density at radius 2 is 1.95 bits per heavy atom. The van der Waals surface area contributed by atoms with Crippen LogP contribution in [0.2, 0.25) is 0 Å². The Morgan fingerprint density at radius 3 is 2.64 bits per heavy atom. The molecule has 22 heavy (non-hydrogen) atoms. The number of ether oxygens (including phenoxy) is 1. The first-order valence-corrected chi connectivity index (χ1v) is 7.22. The maximum Gasteiger partial charge on any atom is 0.222 e. The minimum atomic E-state index is 0.640. The van der Waals surface area contributed by atoms with Crippen molar-refractivity contribution in [2.75, 3.05) is 12.5 Å². The predicted molar refractivity (Wildman–Crippen MR) is 89.5 cm³/mol. The number of anilines is 1. The summed E-state index contributed by atoms with van der Waals surface area (Å²) in [6.45, 7) is 2.07. The molecule has 0 aliphatic rings. The number of hydrazone groups is 1. The molecule has 112 valence electrons. The number of H-pyrrole nitrogens is 1. The van der Waals surface area contributed by atoms with E-state index in [-0.39, 0.29) is 0 Å². The number of aromatic amines is 1. The summed E-state index contributed by atoms with van der Waals surface area (Å²) in [7, 11) is 1.66. The minimum absolute atomic E-state index is 0.640. The zero-order valence-electron chi connectivity index (χ0n) is 12.6. The average Bonchev–Trinajstić information content (AvgIpc) is 2.99. The molecule has 0 fully saturated rings. The van der Waals surface area contributed by atoms with Crippen LogP contribution in [0.15, 0.2) is 53.6 Å². The zero-order valence-corrected chi connectivity index (χ0v) is 12.6. The Hall–Kier alpha value is -2.82. The smallest absolute Gasteiger partial charge is 0.222 e. The average molecular weight is 294 g/mol. The van der Waals surface area contributed by atoms with Crippen LogP contribution in [0.3, 0.4) is 0 Å². The molecule has 2 aromatic carbocycles. The van der Waals surface area contributed by atoms with Crippen LogP contribution in [0.4, 0.5) is 5.95 Å². The molecule has 0 saturated carbocycles. The van der Waals surface area contributed by atoms with Gasteiger partial charge in [0, 0.05) is 0 Å². The normalized spacial score (nSPS) is 11.6. The van der Waals surface area contributed by atoms with Crippen molar-refractivity contribution in [3.63, 3.8) is 0 Å². The van der Waals surface area contributed by atoms with Crippen molar-refractivity contribution in [1.82, 2.24) is 9.97 Å². The number of methoxy groups -OCH3 is 1. The molecule has 0 saturated heterocycles. The Morgan fingerprint density at radius 1 is 1.18 bits per heavy atom. The molecule has 3 aromatic rings. The number of hydrogen-bond acceptors (Lipinski definition) is 4. The molecular weight excluding hydrogens is 276 g/mol. The maximum absolute atomic E-state index is 5.18. The summed E-state index contributed by atoms with van der Waals surface area (Å²) < 4.78 is 5.18. The second-order valence-electron chi connectivity index (χ2n) is 4.85. The summed E-state index contributed by atoms with van der Waals surface area (Å²) in [5.74, 6) is 1.48. The molecule has 5 heteroatoms. The van der Waals surface area contributed by atoms with E-state index >= 15 is 0 Å². The van der Waals surface area contributed by atoms with Crippen LogP contribution in [-0.4, -0.2) is 22.8 Å². The largest absolute Gasteiger partial charge is 0.497 e. The number of para-hydroxylation sites is 2. The lowest BCUT2D eigenvalue weighted by molar-refractivity contribution is 0.415. The SMILES string of the molecule is CC/C(=N/Nc1nc2ccccc2[nH]1)c1ccc(OC)cc1. The first-order chi connectivity index (χ1) is 10.8.